The number of nitrogens with zero attached hydrogens (tertiary/aromatic N) is 1. The molecule has 0 saturated carbocycles. The van der Waals surface area contributed by atoms with Gasteiger partial charge in [-0.1, -0.05) is 0 Å². The number of morpholine rings is 1. The summed E-state index contributed by atoms with van der Waals surface area (Å²) in [5.41, 5.74) is 0. The van der Waals surface area contributed by atoms with E-state index in [1.165, 1.54) is 0 Å². The largest absolute Gasteiger partial charge is 0.370 e. The highest BCUT2D eigenvalue weighted by Crippen LogP contribution is 2.08. The second-order valence-corrected chi connectivity index (χ2v) is 5.61. The molecule has 1 heterocycles. The standard InChI is InChI=1S/C8H17NO4S/c1-9(4-6-13-7-5-9)3-2-8-14(10,11)12/h2-8H2,1H3/p+1. The lowest BCUT2D eigenvalue weighted by molar-refractivity contribution is -0.916. The van der Waals surface area contributed by atoms with Crippen molar-refractivity contribution in [2.24, 2.45) is 0 Å². The first-order chi connectivity index (χ1) is 6.41. The van der Waals surface area contributed by atoms with E-state index in [-0.39, 0.29) is 5.75 Å². The Labute approximate surface area is 85.0 Å². The van der Waals surface area contributed by atoms with Crippen LogP contribution in [-0.4, -0.2) is 63.1 Å². The molecule has 0 unspecified atom stereocenters. The van der Waals surface area contributed by atoms with Gasteiger partial charge in [-0.2, -0.15) is 8.42 Å². The van der Waals surface area contributed by atoms with Crippen LogP contribution in [0.15, 0.2) is 0 Å². The Bertz CT molecular complexity index is 269. The molecule has 1 saturated heterocycles. The SMILES string of the molecule is C[N+]1(CCCS(=O)(=O)O)CCOCC1. The third kappa shape index (κ3) is 4.36. The number of likely N-dealkylation sites (N-methyl/N-ethyl adjacent to an activating group) is 1. The Balaban J connectivity index is 2.29. The maximum Gasteiger partial charge on any atom is 0.265 e. The number of hydrogen-bond donors (Lipinski definition) is 1. The number of quaternary nitrogens is 1. The molecule has 14 heavy (non-hydrogen) atoms. The van der Waals surface area contributed by atoms with Gasteiger partial charge >= 0.3 is 0 Å². The minimum absolute atomic E-state index is 0.137. The summed E-state index contributed by atoms with van der Waals surface area (Å²) in [6.45, 7) is 4.10. The highest BCUT2D eigenvalue weighted by molar-refractivity contribution is 7.85. The first-order valence-corrected chi connectivity index (χ1v) is 6.39. The van der Waals surface area contributed by atoms with Crippen LogP contribution in [0.4, 0.5) is 0 Å². The van der Waals surface area contributed by atoms with Gasteiger partial charge in [0.05, 0.1) is 32.6 Å². The highest BCUT2D eigenvalue weighted by atomic mass is 32.2. The molecule has 1 N–H and O–H groups in total. The molecule has 0 amide bonds. The molecule has 1 rings (SSSR count). The molecule has 0 atom stereocenters. The molecule has 0 aromatic carbocycles. The fourth-order valence-corrected chi connectivity index (χ4v) is 2.13. The summed E-state index contributed by atoms with van der Waals surface area (Å²) in [5, 5.41) is 0. The fourth-order valence-electron chi connectivity index (χ4n) is 1.64. The second-order valence-electron chi connectivity index (χ2n) is 4.04. The first kappa shape index (κ1) is 11.9. The number of hydrogen-bond acceptors (Lipinski definition) is 3. The van der Waals surface area contributed by atoms with Crippen LogP contribution in [0.2, 0.25) is 0 Å². The van der Waals surface area contributed by atoms with Gasteiger partial charge in [-0.15, -0.1) is 0 Å². The van der Waals surface area contributed by atoms with E-state index < -0.39 is 10.1 Å². The third-order valence-corrected chi connectivity index (χ3v) is 3.46. The smallest absolute Gasteiger partial charge is 0.265 e. The molecule has 0 bridgehead atoms. The molecule has 6 heteroatoms. The van der Waals surface area contributed by atoms with Gasteiger partial charge in [-0.25, -0.2) is 0 Å². The van der Waals surface area contributed by atoms with Crippen molar-refractivity contribution < 1.29 is 22.2 Å². The van der Waals surface area contributed by atoms with E-state index in [1.54, 1.807) is 0 Å². The van der Waals surface area contributed by atoms with Crippen LogP contribution in [0.1, 0.15) is 6.42 Å². The summed E-state index contributed by atoms with van der Waals surface area (Å²) in [6.07, 6.45) is 0.509. The average Bonchev–Trinajstić information content (AvgIpc) is 2.02. The van der Waals surface area contributed by atoms with E-state index in [0.29, 0.717) is 6.42 Å². The molecule has 0 spiro atoms. The van der Waals surface area contributed by atoms with Crippen molar-refractivity contribution in [1.82, 2.24) is 0 Å². The van der Waals surface area contributed by atoms with Gasteiger partial charge in [0, 0.05) is 6.42 Å². The van der Waals surface area contributed by atoms with Gasteiger partial charge in [0.1, 0.15) is 13.1 Å². The van der Waals surface area contributed by atoms with Crippen molar-refractivity contribution in [3.63, 3.8) is 0 Å². The Hall–Kier alpha value is -0.170. The lowest BCUT2D eigenvalue weighted by Crippen LogP contribution is -2.52. The van der Waals surface area contributed by atoms with Gasteiger partial charge in [-0.3, -0.25) is 4.55 Å². The summed E-state index contributed by atoms with van der Waals surface area (Å²) in [7, 11) is -1.70. The summed E-state index contributed by atoms with van der Waals surface area (Å²) < 4.78 is 35.6. The zero-order chi connectivity index (χ0) is 10.7. The molecular weight excluding hydrogens is 206 g/mol. The zero-order valence-electron chi connectivity index (χ0n) is 8.48. The van der Waals surface area contributed by atoms with Crippen molar-refractivity contribution >= 4 is 10.1 Å². The van der Waals surface area contributed by atoms with Crippen LogP contribution in [0.3, 0.4) is 0 Å². The minimum Gasteiger partial charge on any atom is -0.370 e. The van der Waals surface area contributed by atoms with Crippen LogP contribution in [0, 0.1) is 0 Å². The molecule has 0 aromatic heterocycles. The second kappa shape index (κ2) is 4.57. The van der Waals surface area contributed by atoms with Crippen LogP contribution < -0.4 is 0 Å². The molecule has 1 aliphatic heterocycles. The first-order valence-electron chi connectivity index (χ1n) is 4.78. The maximum atomic E-state index is 10.5. The lowest BCUT2D eigenvalue weighted by Gasteiger charge is -2.37. The van der Waals surface area contributed by atoms with Crippen molar-refractivity contribution in [2.45, 2.75) is 6.42 Å². The van der Waals surface area contributed by atoms with E-state index >= 15 is 0 Å². The van der Waals surface area contributed by atoms with Gasteiger partial charge in [0.25, 0.3) is 10.1 Å². The highest BCUT2D eigenvalue weighted by Gasteiger charge is 2.25. The molecule has 84 valence electrons. The van der Waals surface area contributed by atoms with E-state index in [4.69, 9.17) is 9.29 Å². The lowest BCUT2D eigenvalue weighted by atomic mass is 10.3. The summed E-state index contributed by atoms with van der Waals surface area (Å²) in [6, 6.07) is 0. The predicted molar refractivity (Wildman–Crippen MR) is 52.6 cm³/mol. The number of ether oxygens (including phenoxy) is 1. The summed E-state index contributed by atoms with van der Waals surface area (Å²) >= 11 is 0. The average molecular weight is 224 g/mol. The normalized spacial score (nSPS) is 22.1. The molecule has 0 aromatic rings. The third-order valence-electron chi connectivity index (χ3n) is 2.65. The summed E-state index contributed by atoms with van der Waals surface area (Å²) in [4.78, 5) is 0. The molecular formula is C8H18NO4S+. The minimum atomic E-state index is -3.79. The maximum absolute atomic E-state index is 10.5. The Morgan fingerprint density at radius 2 is 1.93 bits per heavy atom. The van der Waals surface area contributed by atoms with E-state index in [0.717, 1.165) is 37.3 Å². The van der Waals surface area contributed by atoms with Crippen molar-refractivity contribution in [3.8, 4) is 0 Å². The van der Waals surface area contributed by atoms with Crippen molar-refractivity contribution in [1.29, 1.82) is 0 Å². The van der Waals surface area contributed by atoms with Crippen LogP contribution in [-0.2, 0) is 14.9 Å². The fraction of sp³-hybridized carbons (Fsp3) is 1.00. The Kier molecular flexibility index (Phi) is 3.88. The summed E-state index contributed by atoms with van der Waals surface area (Å²) in [5.74, 6) is -0.137. The number of rotatable bonds is 4. The topological polar surface area (TPSA) is 63.6 Å². The van der Waals surface area contributed by atoms with Crippen LogP contribution in [0.5, 0.6) is 0 Å². The van der Waals surface area contributed by atoms with Gasteiger partial charge in [0.2, 0.25) is 0 Å². The Morgan fingerprint density at radius 1 is 1.36 bits per heavy atom. The Morgan fingerprint density at radius 3 is 2.43 bits per heavy atom. The van der Waals surface area contributed by atoms with Gasteiger partial charge < -0.3 is 9.22 Å². The van der Waals surface area contributed by atoms with Crippen LogP contribution >= 0.6 is 0 Å². The molecule has 5 nitrogen and oxygen atoms in total. The quantitative estimate of drug-likeness (QED) is 0.528. The van der Waals surface area contributed by atoms with Crippen LogP contribution in [0.25, 0.3) is 0 Å². The molecule has 0 aliphatic carbocycles. The monoisotopic (exact) mass is 224 g/mol. The van der Waals surface area contributed by atoms with E-state index in [2.05, 4.69) is 7.05 Å². The molecule has 1 aliphatic rings. The molecule has 0 radical (unpaired) electrons. The van der Waals surface area contributed by atoms with Gasteiger partial charge in [-0.05, 0) is 0 Å². The predicted octanol–water partition coefficient (Wildman–Crippen LogP) is -0.259. The van der Waals surface area contributed by atoms with E-state index in [9.17, 15) is 8.42 Å². The van der Waals surface area contributed by atoms with Crippen molar-refractivity contribution in [3.05, 3.63) is 0 Å². The van der Waals surface area contributed by atoms with Crippen molar-refractivity contribution in [2.75, 3.05) is 45.6 Å². The molecule has 1 fully saturated rings. The zero-order valence-corrected chi connectivity index (χ0v) is 9.29. The van der Waals surface area contributed by atoms with Gasteiger partial charge in [0.15, 0.2) is 0 Å². The van der Waals surface area contributed by atoms with E-state index in [1.807, 2.05) is 0 Å².